The standard InChI is InChI=1S/C20H18FN3O/c1-25-13-16-9-3-2-7-15(16)8-4-5-12-22-20-19-17(21)10-6-11-18(19)23-14-24-20/h2-3,6-7,9-11,14H,5,12-13H2,1H3,(H,22,23,24). The van der Waals surface area contributed by atoms with Gasteiger partial charge in [0.05, 0.1) is 17.5 Å². The Hall–Kier alpha value is -2.97. The van der Waals surface area contributed by atoms with Gasteiger partial charge < -0.3 is 10.1 Å². The van der Waals surface area contributed by atoms with Crippen molar-refractivity contribution in [3.05, 3.63) is 65.7 Å². The molecule has 2 aromatic carbocycles. The molecule has 0 aliphatic carbocycles. The lowest BCUT2D eigenvalue weighted by molar-refractivity contribution is 0.184. The summed E-state index contributed by atoms with van der Waals surface area (Å²) < 4.78 is 19.2. The number of hydrogen-bond donors (Lipinski definition) is 1. The van der Waals surface area contributed by atoms with Crippen LogP contribution in [0.3, 0.4) is 0 Å². The van der Waals surface area contributed by atoms with Crippen molar-refractivity contribution < 1.29 is 9.13 Å². The van der Waals surface area contributed by atoms with Crippen molar-refractivity contribution in [1.29, 1.82) is 0 Å². The Kier molecular flexibility index (Phi) is 5.55. The zero-order chi connectivity index (χ0) is 17.5. The van der Waals surface area contributed by atoms with Crippen molar-refractivity contribution in [1.82, 2.24) is 9.97 Å². The molecule has 0 fully saturated rings. The van der Waals surface area contributed by atoms with Crippen LogP contribution in [-0.2, 0) is 11.3 Å². The zero-order valence-electron chi connectivity index (χ0n) is 13.9. The van der Waals surface area contributed by atoms with E-state index in [1.165, 1.54) is 12.4 Å². The van der Waals surface area contributed by atoms with Gasteiger partial charge in [-0.2, -0.15) is 0 Å². The fourth-order valence-corrected chi connectivity index (χ4v) is 2.53. The summed E-state index contributed by atoms with van der Waals surface area (Å²) in [4.78, 5) is 8.22. The maximum Gasteiger partial charge on any atom is 0.140 e. The van der Waals surface area contributed by atoms with Gasteiger partial charge in [0.15, 0.2) is 0 Å². The third kappa shape index (κ3) is 4.11. The van der Waals surface area contributed by atoms with E-state index in [9.17, 15) is 4.39 Å². The molecule has 25 heavy (non-hydrogen) atoms. The third-order valence-corrected chi connectivity index (χ3v) is 3.69. The van der Waals surface area contributed by atoms with Gasteiger partial charge in [0.2, 0.25) is 0 Å². The van der Waals surface area contributed by atoms with Crippen LogP contribution in [0.2, 0.25) is 0 Å². The van der Waals surface area contributed by atoms with Gasteiger partial charge in [-0.3, -0.25) is 0 Å². The molecule has 1 aromatic heterocycles. The smallest absolute Gasteiger partial charge is 0.140 e. The Morgan fingerprint density at radius 3 is 2.88 bits per heavy atom. The van der Waals surface area contributed by atoms with Gasteiger partial charge in [0.25, 0.3) is 0 Å². The first-order valence-corrected chi connectivity index (χ1v) is 7.98. The molecule has 0 aliphatic heterocycles. The molecule has 0 atom stereocenters. The van der Waals surface area contributed by atoms with Crippen LogP contribution in [0, 0.1) is 17.7 Å². The van der Waals surface area contributed by atoms with E-state index < -0.39 is 0 Å². The van der Waals surface area contributed by atoms with E-state index in [0.717, 1.165) is 11.1 Å². The van der Waals surface area contributed by atoms with Crippen LogP contribution in [0.15, 0.2) is 48.8 Å². The van der Waals surface area contributed by atoms with Gasteiger partial charge in [-0.25, -0.2) is 14.4 Å². The van der Waals surface area contributed by atoms with E-state index in [1.54, 1.807) is 19.2 Å². The van der Waals surface area contributed by atoms with Gasteiger partial charge in [0.1, 0.15) is 18.0 Å². The van der Waals surface area contributed by atoms with E-state index >= 15 is 0 Å². The molecular formula is C20H18FN3O. The average molecular weight is 335 g/mol. The minimum atomic E-state index is -0.333. The van der Waals surface area contributed by atoms with Crippen molar-refractivity contribution in [3.8, 4) is 11.8 Å². The van der Waals surface area contributed by atoms with Crippen LogP contribution in [-0.4, -0.2) is 23.6 Å². The molecule has 4 nitrogen and oxygen atoms in total. The zero-order valence-corrected chi connectivity index (χ0v) is 13.9. The monoisotopic (exact) mass is 335 g/mol. The third-order valence-electron chi connectivity index (χ3n) is 3.69. The number of nitrogens with zero attached hydrogens (tertiary/aromatic N) is 2. The number of ether oxygens (including phenoxy) is 1. The van der Waals surface area contributed by atoms with Gasteiger partial charge >= 0.3 is 0 Å². The van der Waals surface area contributed by atoms with E-state index in [0.29, 0.717) is 36.3 Å². The van der Waals surface area contributed by atoms with Crippen molar-refractivity contribution in [2.45, 2.75) is 13.0 Å². The Balaban J connectivity index is 1.66. The summed E-state index contributed by atoms with van der Waals surface area (Å²) in [5.41, 5.74) is 2.61. The Morgan fingerprint density at radius 2 is 2.00 bits per heavy atom. The molecule has 5 heteroatoms. The fraction of sp³-hybridized carbons (Fsp3) is 0.200. The first-order chi connectivity index (χ1) is 12.3. The summed E-state index contributed by atoms with van der Waals surface area (Å²) >= 11 is 0. The average Bonchev–Trinajstić information content (AvgIpc) is 2.63. The number of nitrogens with one attached hydrogen (secondary N) is 1. The lowest BCUT2D eigenvalue weighted by Crippen LogP contribution is -2.04. The normalized spacial score (nSPS) is 10.3. The van der Waals surface area contributed by atoms with Crippen LogP contribution in [0.25, 0.3) is 10.9 Å². The van der Waals surface area contributed by atoms with Crippen LogP contribution in [0.1, 0.15) is 17.5 Å². The van der Waals surface area contributed by atoms with Crippen molar-refractivity contribution >= 4 is 16.7 Å². The van der Waals surface area contributed by atoms with Gasteiger partial charge in [-0.1, -0.05) is 36.1 Å². The second-order valence-corrected chi connectivity index (χ2v) is 5.42. The maximum atomic E-state index is 14.0. The first-order valence-electron chi connectivity index (χ1n) is 7.98. The van der Waals surface area contributed by atoms with Crippen molar-refractivity contribution in [3.63, 3.8) is 0 Å². The number of halogens is 1. The molecule has 0 spiro atoms. The lowest BCUT2D eigenvalue weighted by Gasteiger charge is -2.07. The summed E-state index contributed by atoms with van der Waals surface area (Å²) in [5, 5.41) is 3.54. The molecule has 0 aliphatic rings. The van der Waals surface area contributed by atoms with Crippen LogP contribution >= 0.6 is 0 Å². The molecule has 3 aromatic rings. The quantitative estimate of drug-likeness (QED) is 0.569. The molecule has 0 unspecified atom stereocenters. The molecule has 0 radical (unpaired) electrons. The molecular weight excluding hydrogens is 317 g/mol. The number of benzene rings is 2. The number of anilines is 1. The van der Waals surface area contributed by atoms with Crippen molar-refractivity contribution in [2.75, 3.05) is 19.0 Å². The number of methoxy groups -OCH3 is 1. The van der Waals surface area contributed by atoms with Crippen LogP contribution < -0.4 is 5.32 Å². The predicted molar refractivity (Wildman–Crippen MR) is 96.6 cm³/mol. The van der Waals surface area contributed by atoms with Gasteiger partial charge in [-0.15, -0.1) is 0 Å². The second-order valence-electron chi connectivity index (χ2n) is 5.42. The first kappa shape index (κ1) is 16.9. The molecule has 0 amide bonds. The van der Waals surface area contributed by atoms with Gasteiger partial charge in [-0.05, 0) is 23.8 Å². The molecule has 0 bridgehead atoms. The SMILES string of the molecule is COCc1ccccc1C#CCCNc1ncnc2cccc(F)c12. The summed E-state index contributed by atoms with van der Waals surface area (Å²) in [6.07, 6.45) is 2.04. The van der Waals surface area contributed by atoms with E-state index in [1.807, 2.05) is 24.3 Å². The molecule has 0 saturated carbocycles. The van der Waals surface area contributed by atoms with E-state index in [2.05, 4.69) is 27.1 Å². The highest BCUT2D eigenvalue weighted by Gasteiger charge is 2.07. The number of fused-ring (bicyclic) bond motifs is 1. The van der Waals surface area contributed by atoms with E-state index in [4.69, 9.17) is 4.74 Å². The minimum Gasteiger partial charge on any atom is -0.380 e. The van der Waals surface area contributed by atoms with Crippen LogP contribution in [0.4, 0.5) is 10.2 Å². The molecule has 1 N–H and O–H groups in total. The highest BCUT2D eigenvalue weighted by Crippen LogP contribution is 2.21. The summed E-state index contributed by atoms with van der Waals surface area (Å²) in [6.45, 7) is 1.11. The molecule has 3 rings (SSSR count). The number of rotatable bonds is 5. The number of aromatic nitrogens is 2. The van der Waals surface area contributed by atoms with Crippen LogP contribution in [0.5, 0.6) is 0 Å². The number of hydrogen-bond acceptors (Lipinski definition) is 4. The second kappa shape index (κ2) is 8.22. The molecule has 126 valence electrons. The van der Waals surface area contributed by atoms with Crippen molar-refractivity contribution in [2.24, 2.45) is 0 Å². The Bertz CT molecular complexity index is 926. The minimum absolute atomic E-state index is 0.333. The summed E-state index contributed by atoms with van der Waals surface area (Å²) in [6, 6.07) is 12.7. The fourth-order valence-electron chi connectivity index (χ4n) is 2.53. The maximum absolute atomic E-state index is 14.0. The van der Waals surface area contributed by atoms with Gasteiger partial charge in [0, 0.05) is 25.6 Å². The lowest BCUT2D eigenvalue weighted by atomic mass is 10.1. The molecule has 1 heterocycles. The summed E-state index contributed by atoms with van der Waals surface area (Å²) in [7, 11) is 1.67. The predicted octanol–water partition coefficient (Wildman–Crippen LogP) is 3.77. The summed E-state index contributed by atoms with van der Waals surface area (Å²) in [5.74, 6) is 6.44. The Morgan fingerprint density at radius 1 is 1.12 bits per heavy atom. The van der Waals surface area contributed by atoms with E-state index in [-0.39, 0.29) is 5.82 Å². The topological polar surface area (TPSA) is 47.0 Å². The largest absolute Gasteiger partial charge is 0.380 e. The molecule has 0 saturated heterocycles. The highest BCUT2D eigenvalue weighted by molar-refractivity contribution is 5.89. The Labute approximate surface area is 146 Å². The highest BCUT2D eigenvalue weighted by atomic mass is 19.1.